The van der Waals surface area contributed by atoms with Gasteiger partial charge in [-0.1, -0.05) is 12.7 Å². The van der Waals surface area contributed by atoms with Gasteiger partial charge < -0.3 is 14.2 Å². The summed E-state index contributed by atoms with van der Waals surface area (Å²) >= 11 is 0. The maximum Gasteiger partial charge on any atom is 0.362 e. The van der Waals surface area contributed by atoms with Crippen molar-refractivity contribution < 1.29 is 18.7 Å². The van der Waals surface area contributed by atoms with Crippen LogP contribution in [-0.4, -0.2) is 24.2 Å². The van der Waals surface area contributed by atoms with Crippen LogP contribution in [0.2, 0.25) is 0 Å². The summed E-state index contributed by atoms with van der Waals surface area (Å²) in [5.74, 6) is -1.24. The van der Waals surface area contributed by atoms with Crippen molar-refractivity contribution >= 4 is 7.60 Å². The summed E-state index contributed by atoms with van der Waals surface area (Å²) < 4.78 is 21.2. The van der Waals surface area contributed by atoms with Crippen molar-refractivity contribution in [2.75, 3.05) is 13.2 Å². The third kappa shape index (κ3) is 3.07. The molecule has 0 fully saturated rings. The molecule has 0 amide bonds. The van der Waals surface area contributed by atoms with Crippen molar-refractivity contribution in [3.63, 3.8) is 0 Å². The van der Waals surface area contributed by atoms with Gasteiger partial charge in [0.15, 0.2) is 5.85 Å². The van der Waals surface area contributed by atoms with E-state index in [0.29, 0.717) is 0 Å². The summed E-state index contributed by atoms with van der Waals surface area (Å²) in [6.07, 6.45) is 1.14. The standard InChI is InChI=1S/C7H15O4P/c1-4-7(8)12(9,10-5-2)11-6-3/h4,7-8H,1,5-6H2,2-3H3/t7-/m1/s1. The number of aliphatic hydroxyl groups is 1. The monoisotopic (exact) mass is 194 g/mol. The van der Waals surface area contributed by atoms with E-state index in [1.54, 1.807) is 13.8 Å². The molecule has 0 aromatic rings. The minimum Gasteiger partial charge on any atom is -0.377 e. The molecule has 0 unspecified atom stereocenters. The van der Waals surface area contributed by atoms with E-state index in [9.17, 15) is 9.67 Å². The molecule has 72 valence electrons. The molecular weight excluding hydrogens is 179 g/mol. The SMILES string of the molecule is C=C[C@H](O)P(=O)(OCC)OCC. The van der Waals surface area contributed by atoms with Crippen molar-refractivity contribution in [2.24, 2.45) is 0 Å². The predicted molar refractivity (Wildman–Crippen MR) is 47.1 cm³/mol. The van der Waals surface area contributed by atoms with Gasteiger partial charge in [0, 0.05) is 0 Å². The number of aliphatic hydroxyl groups excluding tert-OH is 1. The van der Waals surface area contributed by atoms with Crippen LogP contribution < -0.4 is 0 Å². The lowest BCUT2D eigenvalue weighted by Gasteiger charge is -2.19. The van der Waals surface area contributed by atoms with E-state index in [1.807, 2.05) is 0 Å². The van der Waals surface area contributed by atoms with Gasteiger partial charge in [-0.05, 0) is 13.8 Å². The van der Waals surface area contributed by atoms with E-state index < -0.39 is 13.4 Å². The van der Waals surface area contributed by atoms with Gasteiger partial charge in [0.25, 0.3) is 0 Å². The zero-order chi connectivity index (χ0) is 9.61. The number of hydrogen-bond donors (Lipinski definition) is 1. The molecule has 0 saturated carbocycles. The third-order valence-electron chi connectivity index (χ3n) is 1.15. The van der Waals surface area contributed by atoms with Crippen LogP contribution in [0.15, 0.2) is 12.7 Å². The Morgan fingerprint density at radius 3 is 2.17 bits per heavy atom. The lowest BCUT2D eigenvalue weighted by molar-refractivity contribution is 0.169. The highest BCUT2D eigenvalue weighted by Crippen LogP contribution is 2.52. The molecule has 0 rings (SSSR count). The average molecular weight is 194 g/mol. The summed E-state index contributed by atoms with van der Waals surface area (Å²) in [7, 11) is -3.37. The van der Waals surface area contributed by atoms with E-state index >= 15 is 0 Å². The van der Waals surface area contributed by atoms with Crippen molar-refractivity contribution in [3.8, 4) is 0 Å². The molecule has 4 nitrogen and oxygen atoms in total. The average Bonchev–Trinajstić information content (AvgIpc) is 2.04. The normalized spacial score (nSPS) is 14.2. The minimum absolute atomic E-state index is 0.238. The molecule has 0 aromatic carbocycles. The summed E-state index contributed by atoms with van der Waals surface area (Å²) in [6.45, 7) is 7.15. The molecule has 0 spiro atoms. The fourth-order valence-electron chi connectivity index (χ4n) is 0.679. The first-order valence-electron chi connectivity index (χ1n) is 3.80. The molecule has 0 radical (unpaired) electrons. The topological polar surface area (TPSA) is 55.8 Å². The molecule has 0 aromatic heterocycles. The number of hydrogen-bond acceptors (Lipinski definition) is 4. The third-order valence-corrected chi connectivity index (χ3v) is 3.25. The van der Waals surface area contributed by atoms with Gasteiger partial charge in [0.05, 0.1) is 13.2 Å². The molecule has 12 heavy (non-hydrogen) atoms. The largest absolute Gasteiger partial charge is 0.377 e. The van der Waals surface area contributed by atoms with E-state index in [2.05, 4.69) is 6.58 Å². The Hall–Kier alpha value is -0.150. The first-order chi connectivity index (χ1) is 5.60. The van der Waals surface area contributed by atoms with Crippen molar-refractivity contribution in [3.05, 3.63) is 12.7 Å². The Kier molecular flexibility index (Phi) is 5.42. The maximum absolute atomic E-state index is 11.6. The van der Waals surface area contributed by atoms with Crippen molar-refractivity contribution in [1.29, 1.82) is 0 Å². The lowest BCUT2D eigenvalue weighted by atomic mass is 10.7. The second-order valence-corrected chi connectivity index (χ2v) is 4.15. The van der Waals surface area contributed by atoms with Crippen LogP contribution in [-0.2, 0) is 13.6 Å². The molecular formula is C7H15O4P. The molecule has 0 saturated heterocycles. The van der Waals surface area contributed by atoms with Gasteiger partial charge in [-0.15, -0.1) is 0 Å². The quantitative estimate of drug-likeness (QED) is 0.517. The van der Waals surface area contributed by atoms with Gasteiger partial charge >= 0.3 is 7.60 Å². The number of rotatable bonds is 6. The molecule has 0 heterocycles. The van der Waals surface area contributed by atoms with Crippen LogP contribution in [0.25, 0.3) is 0 Å². The zero-order valence-corrected chi connectivity index (χ0v) is 8.29. The van der Waals surface area contributed by atoms with Crippen molar-refractivity contribution in [2.45, 2.75) is 19.7 Å². The Morgan fingerprint density at radius 1 is 1.50 bits per heavy atom. The molecule has 0 bridgehead atoms. The first-order valence-corrected chi connectivity index (χ1v) is 5.41. The molecule has 0 aliphatic carbocycles. The summed E-state index contributed by atoms with van der Waals surface area (Å²) in [6, 6.07) is 0. The van der Waals surface area contributed by atoms with Gasteiger partial charge in [-0.25, -0.2) is 0 Å². The van der Waals surface area contributed by atoms with Crippen LogP contribution in [0.1, 0.15) is 13.8 Å². The molecule has 0 aliphatic rings. The Morgan fingerprint density at radius 2 is 1.92 bits per heavy atom. The van der Waals surface area contributed by atoms with Gasteiger partial charge in [-0.3, -0.25) is 4.57 Å². The van der Waals surface area contributed by atoms with Gasteiger partial charge in [0.2, 0.25) is 0 Å². The second kappa shape index (κ2) is 5.49. The van der Waals surface area contributed by atoms with Crippen LogP contribution in [0, 0.1) is 0 Å². The second-order valence-electron chi connectivity index (χ2n) is 2.02. The van der Waals surface area contributed by atoms with E-state index in [-0.39, 0.29) is 13.2 Å². The van der Waals surface area contributed by atoms with E-state index in [1.165, 1.54) is 0 Å². The fraction of sp³-hybridized carbons (Fsp3) is 0.714. The van der Waals surface area contributed by atoms with E-state index in [0.717, 1.165) is 6.08 Å². The molecule has 5 heteroatoms. The first kappa shape index (κ1) is 11.8. The maximum atomic E-state index is 11.6. The Bertz CT molecular complexity index is 170. The van der Waals surface area contributed by atoms with Crippen LogP contribution in [0.4, 0.5) is 0 Å². The smallest absolute Gasteiger partial charge is 0.362 e. The zero-order valence-electron chi connectivity index (χ0n) is 7.40. The fourth-order valence-corrected chi connectivity index (χ4v) is 2.04. The van der Waals surface area contributed by atoms with Crippen LogP contribution in [0.3, 0.4) is 0 Å². The van der Waals surface area contributed by atoms with Crippen molar-refractivity contribution in [1.82, 2.24) is 0 Å². The highest BCUT2D eigenvalue weighted by Gasteiger charge is 2.31. The summed E-state index contributed by atoms with van der Waals surface area (Å²) in [4.78, 5) is 0. The summed E-state index contributed by atoms with van der Waals surface area (Å²) in [5, 5.41) is 9.21. The lowest BCUT2D eigenvalue weighted by Crippen LogP contribution is -2.09. The molecule has 1 atom stereocenters. The predicted octanol–water partition coefficient (Wildman–Crippen LogP) is 1.76. The van der Waals surface area contributed by atoms with E-state index in [4.69, 9.17) is 9.05 Å². The molecule has 0 aliphatic heterocycles. The Balaban J connectivity index is 4.37. The van der Waals surface area contributed by atoms with Gasteiger partial charge in [-0.2, -0.15) is 0 Å². The van der Waals surface area contributed by atoms with Gasteiger partial charge in [0.1, 0.15) is 0 Å². The minimum atomic E-state index is -3.37. The van der Waals surface area contributed by atoms with Crippen LogP contribution >= 0.6 is 7.60 Å². The molecule has 1 N–H and O–H groups in total. The Labute approximate surface area is 72.7 Å². The summed E-state index contributed by atoms with van der Waals surface area (Å²) in [5.41, 5.74) is 0. The highest BCUT2D eigenvalue weighted by atomic mass is 31.2. The van der Waals surface area contributed by atoms with Crippen LogP contribution in [0.5, 0.6) is 0 Å². The highest BCUT2D eigenvalue weighted by molar-refractivity contribution is 7.54.